The summed E-state index contributed by atoms with van der Waals surface area (Å²) in [6, 6.07) is 4.22. The lowest BCUT2D eigenvalue weighted by Crippen LogP contribution is -2.23. The maximum absolute atomic E-state index is 9.13. The number of imidazole rings is 1. The monoisotopic (exact) mass is 318 g/mol. The highest BCUT2D eigenvalue weighted by Gasteiger charge is 2.45. The van der Waals surface area contributed by atoms with Gasteiger partial charge in [-0.3, -0.25) is 0 Å². The molecule has 3 heterocycles. The summed E-state index contributed by atoms with van der Waals surface area (Å²) in [5.41, 5.74) is 2.73. The number of nitrogens with zero attached hydrogens (tertiary/aromatic N) is 4. The van der Waals surface area contributed by atoms with Crippen LogP contribution in [-0.4, -0.2) is 32.7 Å². The van der Waals surface area contributed by atoms with E-state index in [1.807, 2.05) is 11.5 Å². The predicted octanol–water partition coefficient (Wildman–Crippen LogP) is 2.24. The van der Waals surface area contributed by atoms with Gasteiger partial charge in [-0.25, -0.2) is 9.97 Å². The van der Waals surface area contributed by atoms with Gasteiger partial charge in [0.15, 0.2) is 0 Å². The van der Waals surface area contributed by atoms with Crippen LogP contribution < -0.4 is 4.90 Å². The van der Waals surface area contributed by atoms with E-state index in [9.17, 15) is 0 Å². The highest BCUT2D eigenvalue weighted by molar-refractivity contribution is 6.28. The van der Waals surface area contributed by atoms with Crippen LogP contribution in [0.15, 0.2) is 18.3 Å². The molecular weight excluding hydrogens is 300 g/mol. The number of hydrogen-bond donors (Lipinski definition) is 1. The third-order valence-corrected chi connectivity index (χ3v) is 5.07. The van der Waals surface area contributed by atoms with Crippen LogP contribution in [0.1, 0.15) is 23.4 Å². The molecule has 0 aromatic carbocycles. The average molecular weight is 319 g/mol. The first-order valence-corrected chi connectivity index (χ1v) is 8.05. The molecule has 6 heteroatoms. The number of aliphatic hydroxyl groups excluding tert-OH is 1. The van der Waals surface area contributed by atoms with Gasteiger partial charge in [0.2, 0.25) is 5.28 Å². The second-order valence-corrected chi connectivity index (χ2v) is 6.70. The highest BCUT2D eigenvalue weighted by atomic mass is 35.5. The Morgan fingerprint density at radius 2 is 2.05 bits per heavy atom. The molecule has 2 unspecified atom stereocenters. The van der Waals surface area contributed by atoms with Crippen molar-refractivity contribution in [2.24, 2.45) is 11.8 Å². The molecule has 116 valence electrons. The Labute approximate surface area is 134 Å². The summed E-state index contributed by atoms with van der Waals surface area (Å²) in [6.45, 7) is 4.87. The molecule has 2 aliphatic rings. The van der Waals surface area contributed by atoms with Crippen molar-refractivity contribution >= 4 is 17.4 Å². The Morgan fingerprint density at radius 3 is 2.68 bits per heavy atom. The quantitative estimate of drug-likeness (QED) is 0.939. The van der Waals surface area contributed by atoms with Crippen LogP contribution >= 0.6 is 11.6 Å². The van der Waals surface area contributed by atoms with Gasteiger partial charge in [-0.2, -0.15) is 0 Å². The molecule has 1 saturated heterocycles. The van der Waals surface area contributed by atoms with Crippen molar-refractivity contribution in [1.82, 2.24) is 14.5 Å². The first-order chi connectivity index (χ1) is 10.6. The Morgan fingerprint density at radius 1 is 1.27 bits per heavy atom. The third kappa shape index (κ3) is 2.48. The van der Waals surface area contributed by atoms with Gasteiger partial charge in [-0.05, 0) is 48.4 Å². The van der Waals surface area contributed by atoms with Gasteiger partial charge in [0, 0.05) is 25.0 Å². The van der Waals surface area contributed by atoms with E-state index in [-0.39, 0.29) is 6.61 Å². The Balaban J connectivity index is 1.53. The smallest absolute Gasteiger partial charge is 0.203 e. The molecule has 0 amide bonds. The number of aromatic nitrogens is 3. The van der Waals surface area contributed by atoms with Gasteiger partial charge in [0.1, 0.15) is 5.82 Å². The van der Waals surface area contributed by atoms with Gasteiger partial charge >= 0.3 is 0 Å². The fourth-order valence-corrected chi connectivity index (χ4v) is 3.54. The van der Waals surface area contributed by atoms with E-state index >= 15 is 0 Å². The second kappa shape index (κ2) is 5.25. The van der Waals surface area contributed by atoms with Crippen LogP contribution in [-0.2, 0) is 13.2 Å². The number of hydrogen-bond acceptors (Lipinski definition) is 4. The zero-order valence-corrected chi connectivity index (χ0v) is 13.3. The van der Waals surface area contributed by atoms with Crippen LogP contribution in [0.4, 0.5) is 5.82 Å². The normalized spacial score (nSPS) is 23.0. The molecule has 2 aromatic heterocycles. The molecule has 4 rings (SSSR count). The second-order valence-electron chi connectivity index (χ2n) is 6.36. The lowest BCUT2D eigenvalue weighted by atomic mass is 10.2. The number of aryl methyl sites for hydroxylation is 1. The number of halogens is 1. The lowest BCUT2D eigenvalue weighted by molar-refractivity contribution is 0.277. The summed E-state index contributed by atoms with van der Waals surface area (Å²) >= 11 is 6.09. The summed E-state index contributed by atoms with van der Waals surface area (Å²) in [5, 5.41) is 9.52. The van der Waals surface area contributed by atoms with Crippen molar-refractivity contribution < 1.29 is 5.11 Å². The summed E-state index contributed by atoms with van der Waals surface area (Å²) < 4.78 is 1.84. The third-order valence-electron chi connectivity index (χ3n) is 4.76. The van der Waals surface area contributed by atoms with Gasteiger partial charge in [-0.15, -0.1) is 0 Å². The van der Waals surface area contributed by atoms with Crippen molar-refractivity contribution in [3.05, 3.63) is 40.6 Å². The number of fused-ring (bicyclic) bond motifs is 1. The van der Waals surface area contributed by atoms with Gasteiger partial charge in [0.25, 0.3) is 0 Å². The first-order valence-electron chi connectivity index (χ1n) is 7.68. The highest BCUT2D eigenvalue weighted by Crippen LogP contribution is 2.45. The van der Waals surface area contributed by atoms with E-state index in [4.69, 9.17) is 21.7 Å². The van der Waals surface area contributed by atoms with E-state index in [1.54, 1.807) is 6.20 Å². The minimum atomic E-state index is -0.0970. The largest absolute Gasteiger partial charge is 0.390 e. The van der Waals surface area contributed by atoms with Crippen molar-refractivity contribution in [3.8, 4) is 0 Å². The fourth-order valence-electron chi connectivity index (χ4n) is 3.32. The summed E-state index contributed by atoms with van der Waals surface area (Å²) in [5.74, 6) is 2.90. The number of pyridine rings is 1. The minimum Gasteiger partial charge on any atom is -0.390 e. The Kier molecular flexibility index (Phi) is 3.35. The SMILES string of the molecule is Cc1nc(N2CC3CC3C2)ccc1Cn1cc(CO)nc1Cl. The van der Waals surface area contributed by atoms with E-state index in [2.05, 4.69) is 22.0 Å². The van der Waals surface area contributed by atoms with Crippen molar-refractivity contribution in [2.45, 2.75) is 26.5 Å². The van der Waals surface area contributed by atoms with Crippen molar-refractivity contribution in [1.29, 1.82) is 0 Å². The van der Waals surface area contributed by atoms with Crippen LogP contribution in [0.5, 0.6) is 0 Å². The number of aliphatic hydroxyl groups is 1. The molecular formula is C16H19ClN4O. The maximum Gasteiger partial charge on any atom is 0.203 e. The average Bonchev–Trinajstić information content (AvgIpc) is 2.95. The molecule has 1 aliphatic heterocycles. The Hall–Kier alpha value is -1.59. The minimum absolute atomic E-state index is 0.0970. The molecule has 1 aliphatic carbocycles. The number of piperidine rings is 1. The first kappa shape index (κ1) is 14.0. The summed E-state index contributed by atoms with van der Waals surface area (Å²) in [7, 11) is 0. The van der Waals surface area contributed by atoms with Gasteiger partial charge in [-0.1, -0.05) is 6.07 Å². The fraction of sp³-hybridized carbons (Fsp3) is 0.500. The van der Waals surface area contributed by atoms with Crippen molar-refractivity contribution in [2.75, 3.05) is 18.0 Å². The standard InChI is InChI=1S/C16H19ClN4O/c1-10-11(5-21-8-14(9-22)19-16(21)17)2-3-15(18-10)20-6-12-4-13(12)7-20/h2-3,8,12-13,22H,4-7,9H2,1H3. The molecule has 22 heavy (non-hydrogen) atoms. The van der Waals surface area contributed by atoms with E-state index in [0.29, 0.717) is 17.5 Å². The summed E-state index contributed by atoms with van der Waals surface area (Å²) in [4.78, 5) is 11.3. The van der Waals surface area contributed by atoms with Gasteiger partial charge < -0.3 is 14.6 Å². The topological polar surface area (TPSA) is 54.2 Å². The van der Waals surface area contributed by atoms with E-state index in [0.717, 1.165) is 42.0 Å². The van der Waals surface area contributed by atoms with Gasteiger partial charge in [0.05, 0.1) is 18.8 Å². The molecule has 1 saturated carbocycles. The molecule has 0 spiro atoms. The molecule has 0 bridgehead atoms. The van der Waals surface area contributed by atoms with Crippen LogP contribution in [0.3, 0.4) is 0 Å². The van der Waals surface area contributed by atoms with Crippen LogP contribution in [0.25, 0.3) is 0 Å². The molecule has 2 atom stereocenters. The predicted molar refractivity (Wildman–Crippen MR) is 85.0 cm³/mol. The molecule has 0 radical (unpaired) electrons. The lowest BCUT2D eigenvalue weighted by Gasteiger charge is -2.20. The Bertz CT molecular complexity index is 704. The zero-order chi connectivity index (χ0) is 15.3. The molecule has 2 aromatic rings. The van der Waals surface area contributed by atoms with E-state index in [1.165, 1.54) is 6.42 Å². The van der Waals surface area contributed by atoms with E-state index < -0.39 is 0 Å². The number of anilines is 1. The maximum atomic E-state index is 9.13. The number of rotatable bonds is 4. The molecule has 5 nitrogen and oxygen atoms in total. The molecule has 1 N–H and O–H groups in total. The van der Waals surface area contributed by atoms with Crippen LogP contribution in [0, 0.1) is 18.8 Å². The van der Waals surface area contributed by atoms with Crippen LogP contribution in [0.2, 0.25) is 5.28 Å². The zero-order valence-electron chi connectivity index (χ0n) is 12.5. The summed E-state index contributed by atoms with van der Waals surface area (Å²) in [6.07, 6.45) is 3.18. The van der Waals surface area contributed by atoms with Crippen molar-refractivity contribution in [3.63, 3.8) is 0 Å². The molecule has 2 fully saturated rings.